The summed E-state index contributed by atoms with van der Waals surface area (Å²) < 4.78 is 0. The lowest BCUT2D eigenvalue weighted by molar-refractivity contribution is 0.543. The highest BCUT2D eigenvalue weighted by Crippen LogP contribution is 2.25. The second-order valence-corrected chi connectivity index (χ2v) is 4.91. The molecule has 0 fully saturated rings. The van der Waals surface area contributed by atoms with E-state index in [2.05, 4.69) is 69.0 Å². The summed E-state index contributed by atoms with van der Waals surface area (Å²) in [6.07, 6.45) is 2.07. The average molecular weight is 246 g/mol. The number of nitrogens with one attached hydrogen (secondary N) is 1. The van der Waals surface area contributed by atoms with Crippen molar-refractivity contribution < 1.29 is 0 Å². The highest BCUT2D eigenvalue weighted by molar-refractivity contribution is 5.48. The molecule has 0 bridgehead atoms. The van der Waals surface area contributed by atoms with E-state index in [-0.39, 0.29) is 0 Å². The fourth-order valence-corrected chi connectivity index (χ4v) is 2.01. The van der Waals surface area contributed by atoms with Crippen molar-refractivity contribution in [1.82, 2.24) is 5.32 Å². The van der Waals surface area contributed by atoms with Crippen molar-refractivity contribution in [3.05, 3.63) is 42.0 Å². The van der Waals surface area contributed by atoms with Gasteiger partial charge in [0.1, 0.15) is 0 Å². The van der Waals surface area contributed by atoms with Crippen LogP contribution >= 0.6 is 0 Å². The zero-order valence-corrected chi connectivity index (χ0v) is 12.2. The Balaban J connectivity index is 2.90. The van der Waals surface area contributed by atoms with Crippen molar-refractivity contribution in [2.75, 3.05) is 25.5 Å². The van der Waals surface area contributed by atoms with Gasteiger partial charge in [0, 0.05) is 25.8 Å². The lowest BCUT2D eigenvalue weighted by Gasteiger charge is -2.21. The third-order valence-electron chi connectivity index (χ3n) is 3.23. The molecule has 0 aromatic heterocycles. The van der Waals surface area contributed by atoms with Crippen LogP contribution in [0.2, 0.25) is 0 Å². The molecular formula is C16H26N2. The van der Waals surface area contributed by atoms with E-state index in [0.29, 0.717) is 6.04 Å². The summed E-state index contributed by atoms with van der Waals surface area (Å²) in [5.41, 5.74) is 3.89. The minimum atomic E-state index is 0.377. The van der Waals surface area contributed by atoms with E-state index in [4.69, 9.17) is 0 Å². The number of hydrogen-bond acceptors (Lipinski definition) is 2. The molecule has 1 aromatic carbocycles. The van der Waals surface area contributed by atoms with Gasteiger partial charge >= 0.3 is 0 Å². The molecule has 2 nitrogen and oxygen atoms in total. The van der Waals surface area contributed by atoms with Gasteiger partial charge in [0.25, 0.3) is 0 Å². The van der Waals surface area contributed by atoms with Crippen LogP contribution in [0.5, 0.6) is 0 Å². The molecule has 0 heterocycles. The maximum Gasteiger partial charge on any atom is 0.0364 e. The number of hydrogen-bond donors (Lipinski definition) is 1. The largest absolute Gasteiger partial charge is 0.378 e. The molecule has 1 unspecified atom stereocenters. The molecule has 0 spiro atoms. The van der Waals surface area contributed by atoms with Crippen LogP contribution in [0.25, 0.3) is 0 Å². The molecule has 0 aliphatic heterocycles. The van der Waals surface area contributed by atoms with Crippen molar-refractivity contribution in [1.29, 1.82) is 0 Å². The maximum atomic E-state index is 4.13. The molecule has 0 amide bonds. The van der Waals surface area contributed by atoms with E-state index in [1.165, 1.54) is 16.8 Å². The Morgan fingerprint density at radius 2 is 2.06 bits per heavy atom. The number of anilines is 1. The van der Waals surface area contributed by atoms with E-state index in [1.54, 1.807) is 0 Å². The van der Waals surface area contributed by atoms with Gasteiger partial charge in [-0.25, -0.2) is 0 Å². The molecule has 0 saturated carbocycles. The second kappa shape index (κ2) is 7.22. The van der Waals surface area contributed by atoms with Gasteiger partial charge in [-0.2, -0.15) is 0 Å². The van der Waals surface area contributed by atoms with Crippen LogP contribution in [-0.2, 0) is 0 Å². The van der Waals surface area contributed by atoms with Crippen LogP contribution in [0.3, 0.4) is 0 Å². The van der Waals surface area contributed by atoms with Crippen LogP contribution in [-0.4, -0.2) is 20.6 Å². The van der Waals surface area contributed by atoms with Crippen molar-refractivity contribution >= 4 is 5.69 Å². The third-order valence-corrected chi connectivity index (χ3v) is 3.23. The summed E-state index contributed by atoms with van der Waals surface area (Å²) in [4.78, 5) is 2.14. The minimum absolute atomic E-state index is 0.377. The summed E-state index contributed by atoms with van der Waals surface area (Å²) in [6, 6.07) is 9.10. The van der Waals surface area contributed by atoms with E-state index in [0.717, 1.165) is 19.4 Å². The van der Waals surface area contributed by atoms with Crippen LogP contribution in [0.15, 0.2) is 36.4 Å². The predicted octanol–water partition coefficient (Wildman–Crippen LogP) is 3.76. The summed E-state index contributed by atoms with van der Waals surface area (Å²) in [5.74, 6) is 0. The Morgan fingerprint density at radius 3 is 2.61 bits per heavy atom. The van der Waals surface area contributed by atoms with E-state index < -0.39 is 0 Å². The van der Waals surface area contributed by atoms with Crippen molar-refractivity contribution in [3.8, 4) is 0 Å². The van der Waals surface area contributed by atoms with Crippen LogP contribution in [0.1, 0.15) is 38.3 Å². The third kappa shape index (κ3) is 4.19. The summed E-state index contributed by atoms with van der Waals surface area (Å²) in [6.45, 7) is 9.43. The predicted molar refractivity (Wildman–Crippen MR) is 81.2 cm³/mol. The molecule has 0 radical (unpaired) electrons. The van der Waals surface area contributed by atoms with Gasteiger partial charge in [0.2, 0.25) is 0 Å². The monoisotopic (exact) mass is 246 g/mol. The summed E-state index contributed by atoms with van der Waals surface area (Å²) in [7, 11) is 4.15. The number of rotatable bonds is 7. The van der Waals surface area contributed by atoms with Gasteiger partial charge in [-0.1, -0.05) is 38.1 Å². The lowest BCUT2D eigenvalue weighted by atomic mass is 9.98. The Kier molecular flexibility index (Phi) is 5.93. The molecule has 1 atom stereocenters. The van der Waals surface area contributed by atoms with Crippen molar-refractivity contribution in [3.63, 3.8) is 0 Å². The standard InChI is InChI=1S/C16H26N2/c1-6-13(3)11-16(17-7-2)14-9-8-10-15(12-14)18(4)5/h8-10,12,16-17H,3,6-7,11H2,1-2,4-5H3. The first-order valence-corrected chi connectivity index (χ1v) is 6.75. The van der Waals surface area contributed by atoms with Gasteiger partial charge < -0.3 is 10.2 Å². The number of benzene rings is 1. The summed E-state index contributed by atoms with van der Waals surface area (Å²) >= 11 is 0. The molecule has 2 heteroatoms. The Bertz CT molecular complexity index is 382. The molecule has 100 valence electrons. The molecule has 18 heavy (non-hydrogen) atoms. The van der Waals surface area contributed by atoms with E-state index in [1.807, 2.05) is 0 Å². The quantitative estimate of drug-likeness (QED) is 0.737. The van der Waals surface area contributed by atoms with Crippen molar-refractivity contribution in [2.45, 2.75) is 32.7 Å². The van der Waals surface area contributed by atoms with E-state index in [9.17, 15) is 0 Å². The Labute approximate surface area is 112 Å². The van der Waals surface area contributed by atoms with Gasteiger partial charge in [-0.05, 0) is 37.1 Å². The van der Waals surface area contributed by atoms with Crippen LogP contribution in [0, 0.1) is 0 Å². The SMILES string of the molecule is C=C(CC)CC(NCC)c1cccc(N(C)C)c1. The molecular weight excluding hydrogens is 220 g/mol. The molecule has 1 N–H and O–H groups in total. The van der Waals surface area contributed by atoms with Gasteiger partial charge in [0.15, 0.2) is 0 Å². The highest BCUT2D eigenvalue weighted by Gasteiger charge is 2.11. The Morgan fingerprint density at radius 1 is 1.33 bits per heavy atom. The fourth-order valence-electron chi connectivity index (χ4n) is 2.01. The maximum absolute atomic E-state index is 4.13. The van der Waals surface area contributed by atoms with Crippen LogP contribution < -0.4 is 10.2 Å². The Hall–Kier alpha value is -1.28. The normalized spacial score (nSPS) is 12.2. The van der Waals surface area contributed by atoms with Crippen molar-refractivity contribution in [2.24, 2.45) is 0 Å². The zero-order valence-electron chi connectivity index (χ0n) is 12.2. The topological polar surface area (TPSA) is 15.3 Å². The zero-order chi connectivity index (χ0) is 13.5. The summed E-state index contributed by atoms with van der Waals surface area (Å²) in [5, 5.41) is 3.55. The average Bonchev–Trinajstić information content (AvgIpc) is 2.38. The molecule has 1 aromatic rings. The molecule has 0 aliphatic rings. The smallest absolute Gasteiger partial charge is 0.0364 e. The first-order chi connectivity index (χ1) is 8.58. The number of nitrogens with zero attached hydrogens (tertiary/aromatic N) is 1. The fraction of sp³-hybridized carbons (Fsp3) is 0.500. The first kappa shape index (κ1) is 14.8. The van der Waals surface area contributed by atoms with E-state index >= 15 is 0 Å². The molecule has 0 saturated heterocycles. The molecule has 0 aliphatic carbocycles. The van der Waals surface area contributed by atoms with Crippen LogP contribution in [0.4, 0.5) is 5.69 Å². The first-order valence-electron chi connectivity index (χ1n) is 6.75. The minimum Gasteiger partial charge on any atom is -0.378 e. The van der Waals surface area contributed by atoms with Gasteiger partial charge in [-0.3, -0.25) is 0 Å². The highest BCUT2D eigenvalue weighted by atomic mass is 15.1. The second-order valence-electron chi connectivity index (χ2n) is 4.91. The van der Waals surface area contributed by atoms with Gasteiger partial charge in [0.05, 0.1) is 0 Å². The molecule has 1 rings (SSSR count). The van der Waals surface area contributed by atoms with Gasteiger partial charge in [-0.15, -0.1) is 0 Å². The lowest BCUT2D eigenvalue weighted by Crippen LogP contribution is -2.21.